The van der Waals surface area contributed by atoms with E-state index >= 15 is 0 Å². The van der Waals surface area contributed by atoms with Crippen LogP contribution in [-0.4, -0.2) is 46.0 Å². The zero-order valence-corrected chi connectivity index (χ0v) is 17.2. The zero-order valence-electron chi connectivity index (χ0n) is 15.7. The van der Waals surface area contributed by atoms with Crippen molar-refractivity contribution in [3.8, 4) is 5.75 Å². The number of benzene rings is 2. The highest BCUT2D eigenvalue weighted by molar-refractivity contribution is 7.92. The molecule has 1 saturated heterocycles. The van der Waals surface area contributed by atoms with Gasteiger partial charge in [-0.3, -0.25) is 9.10 Å². The molecule has 0 spiro atoms. The van der Waals surface area contributed by atoms with Crippen LogP contribution in [0.1, 0.15) is 19.3 Å². The first kappa shape index (κ1) is 20.5. The molecule has 0 radical (unpaired) electrons. The van der Waals surface area contributed by atoms with Gasteiger partial charge in [0.2, 0.25) is 5.91 Å². The number of carbonyl (C=O) groups excluding carboxylic acids is 1. The quantitative estimate of drug-likeness (QED) is 0.713. The first-order valence-corrected chi connectivity index (χ1v) is 10.9. The van der Waals surface area contributed by atoms with Crippen LogP contribution in [-0.2, 0) is 14.8 Å². The predicted octanol–water partition coefficient (Wildman–Crippen LogP) is 3.56. The predicted molar refractivity (Wildman–Crippen MR) is 109 cm³/mol. The summed E-state index contributed by atoms with van der Waals surface area (Å²) >= 11 is 5.95. The van der Waals surface area contributed by atoms with Crippen LogP contribution < -0.4 is 9.04 Å². The fourth-order valence-corrected chi connectivity index (χ4v) is 4.70. The molecule has 28 heavy (non-hydrogen) atoms. The van der Waals surface area contributed by atoms with E-state index in [9.17, 15) is 13.2 Å². The second-order valence-electron chi connectivity index (χ2n) is 6.61. The number of carbonyl (C=O) groups is 1. The van der Waals surface area contributed by atoms with Crippen molar-refractivity contribution in [2.75, 3.05) is 31.0 Å². The number of hydrogen-bond acceptors (Lipinski definition) is 4. The van der Waals surface area contributed by atoms with Gasteiger partial charge in [-0.2, -0.15) is 0 Å². The maximum Gasteiger partial charge on any atom is 0.264 e. The Bertz CT molecular complexity index is 908. The van der Waals surface area contributed by atoms with E-state index < -0.39 is 10.0 Å². The molecule has 0 aromatic heterocycles. The minimum atomic E-state index is -3.94. The topological polar surface area (TPSA) is 66.9 Å². The third-order valence-corrected chi connectivity index (χ3v) is 6.79. The van der Waals surface area contributed by atoms with E-state index in [0.29, 0.717) is 29.5 Å². The van der Waals surface area contributed by atoms with E-state index in [-0.39, 0.29) is 17.3 Å². The van der Waals surface area contributed by atoms with Gasteiger partial charge in [0.05, 0.1) is 17.7 Å². The van der Waals surface area contributed by atoms with E-state index in [1.165, 1.54) is 19.2 Å². The molecule has 2 aromatic carbocycles. The van der Waals surface area contributed by atoms with Crippen LogP contribution in [0.3, 0.4) is 0 Å². The maximum absolute atomic E-state index is 13.3. The lowest BCUT2D eigenvalue weighted by atomic mass is 10.1. The Kier molecular flexibility index (Phi) is 6.46. The summed E-state index contributed by atoms with van der Waals surface area (Å²) in [4.78, 5) is 14.6. The van der Waals surface area contributed by atoms with Crippen LogP contribution in [0.5, 0.6) is 5.75 Å². The van der Waals surface area contributed by atoms with Crippen molar-refractivity contribution >= 4 is 33.2 Å². The third kappa shape index (κ3) is 4.59. The number of hydrogen-bond donors (Lipinski definition) is 0. The van der Waals surface area contributed by atoms with E-state index in [4.69, 9.17) is 16.3 Å². The summed E-state index contributed by atoms with van der Waals surface area (Å²) in [5, 5.41) is 0.493. The number of anilines is 1. The van der Waals surface area contributed by atoms with Crippen molar-refractivity contribution in [1.82, 2.24) is 4.90 Å². The normalized spacial score (nSPS) is 14.6. The Balaban J connectivity index is 1.94. The molecule has 0 atom stereocenters. The third-order valence-electron chi connectivity index (χ3n) is 4.75. The van der Waals surface area contributed by atoms with E-state index in [1.807, 2.05) is 0 Å². The largest absolute Gasteiger partial charge is 0.497 e. The van der Waals surface area contributed by atoms with E-state index in [0.717, 1.165) is 23.6 Å². The van der Waals surface area contributed by atoms with Gasteiger partial charge in [0.15, 0.2) is 0 Å². The first-order valence-electron chi connectivity index (χ1n) is 9.12. The molecule has 0 unspecified atom stereocenters. The maximum atomic E-state index is 13.3. The summed E-state index contributed by atoms with van der Waals surface area (Å²) in [6, 6.07) is 12.5. The second-order valence-corrected chi connectivity index (χ2v) is 8.90. The highest BCUT2D eigenvalue weighted by Crippen LogP contribution is 2.26. The molecule has 1 heterocycles. The van der Waals surface area contributed by atoms with E-state index in [2.05, 4.69) is 0 Å². The van der Waals surface area contributed by atoms with Crippen molar-refractivity contribution in [3.05, 3.63) is 53.6 Å². The molecule has 3 rings (SSSR count). The van der Waals surface area contributed by atoms with E-state index in [1.54, 1.807) is 41.3 Å². The SMILES string of the molecule is COc1ccc(S(=O)(=O)N(CC(=O)N2CCCCC2)c2ccc(Cl)cc2)cc1. The monoisotopic (exact) mass is 422 g/mol. The fourth-order valence-electron chi connectivity index (χ4n) is 3.16. The molecule has 0 saturated carbocycles. The summed E-state index contributed by atoms with van der Waals surface area (Å²) in [5.41, 5.74) is 0.394. The van der Waals surface area contributed by atoms with Gasteiger partial charge in [-0.05, 0) is 67.8 Å². The summed E-state index contributed by atoms with van der Waals surface area (Å²) in [7, 11) is -2.42. The van der Waals surface area contributed by atoms with Gasteiger partial charge < -0.3 is 9.64 Å². The number of halogens is 1. The molecule has 1 aliphatic heterocycles. The van der Waals surface area contributed by atoms with Gasteiger partial charge in [0, 0.05) is 18.1 Å². The fraction of sp³-hybridized carbons (Fsp3) is 0.350. The number of piperidine rings is 1. The molecular weight excluding hydrogens is 400 g/mol. The zero-order chi connectivity index (χ0) is 20.1. The van der Waals surface area contributed by atoms with Gasteiger partial charge in [-0.1, -0.05) is 11.6 Å². The Morgan fingerprint density at radius 1 is 1.04 bits per heavy atom. The van der Waals surface area contributed by atoms with Gasteiger partial charge in [0.1, 0.15) is 12.3 Å². The molecule has 6 nitrogen and oxygen atoms in total. The van der Waals surface area contributed by atoms with Gasteiger partial charge in [-0.25, -0.2) is 8.42 Å². The average molecular weight is 423 g/mol. The number of likely N-dealkylation sites (tertiary alicyclic amines) is 1. The Morgan fingerprint density at radius 2 is 1.64 bits per heavy atom. The Labute approximate surface area is 170 Å². The second kappa shape index (κ2) is 8.84. The number of nitrogens with zero attached hydrogens (tertiary/aromatic N) is 2. The van der Waals surface area contributed by atoms with Crippen molar-refractivity contribution in [2.24, 2.45) is 0 Å². The van der Waals surface area contributed by atoms with Gasteiger partial charge >= 0.3 is 0 Å². The van der Waals surface area contributed by atoms with Gasteiger partial charge in [0.25, 0.3) is 10.0 Å². The van der Waals surface area contributed by atoms with Crippen molar-refractivity contribution in [1.29, 1.82) is 0 Å². The highest BCUT2D eigenvalue weighted by Gasteiger charge is 2.29. The molecule has 8 heteroatoms. The minimum absolute atomic E-state index is 0.0923. The summed E-state index contributed by atoms with van der Waals surface area (Å²) in [6.07, 6.45) is 2.98. The number of ether oxygens (including phenoxy) is 1. The van der Waals surface area contributed by atoms with Gasteiger partial charge in [-0.15, -0.1) is 0 Å². The lowest BCUT2D eigenvalue weighted by Gasteiger charge is -2.30. The lowest BCUT2D eigenvalue weighted by Crippen LogP contribution is -2.44. The average Bonchev–Trinajstić information content (AvgIpc) is 2.73. The summed E-state index contributed by atoms with van der Waals surface area (Å²) in [6.45, 7) is 1.07. The molecule has 0 aliphatic carbocycles. The smallest absolute Gasteiger partial charge is 0.264 e. The molecule has 1 fully saturated rings. The standard InChI is InChI=1S/C20H23ClN2O4S/c1-27-18-9-11-19(12-10-18)28(25,26)23(17-7-5-16(21)6-8-17)15-20(24)22-13-3-2-4-14-22/h5-12H,2-4,13-15H2,1H3. The van der Waals surface area contributed by atoms with Crippen LogP contribution in [0.4, 0.5) is 5.69 Å². The van der Waals surface area contributed by atoms with Crippen LogP contribution in [0.2, 0.25) is 5.02 Å². The molecule has 150 valence electrons. The highest BCUT2D eigenvalue weighted by atomic mass is 35.5. The van der Waals surface area contributed by atoms with Crippen molar-refractivity contribution < 1.29 is 17.9 Å². The number of methoxy groups -OCH3 is 1. The molecule has 1 amide bonds. The van der Waals surface area contributed by atoms with Crippen LogP contribution in [0.25, 0.3) is 0 Å². The minimum Gasteiger partial charge on any atom is -0.497 e. The van der Waals surface area contributed by atoms with Crippen LogP contribution in [0.15, 0.2) is 53.4 Å². The first-order chi connectivity index (χ1) is 13.4. The van der Waals surface area contributed by atoms with Crippen LogP contribution in [0, 0.1) is 0 Å². The molecule has 0 bridgehead atoms. The lowest BCUT2D eigenvalue weighted by molar-refractivity contribution is -0.130. The number of sulfonamides is 1. The molecular formula is C20H23ClN2O4S. The number of amides is 1. The molecule has 0 N–H and O–H groups in total. The Hall–Kier alpha value is -2.25. The van der Waals surface area contributed by atoms with Crippen LogP contribution >= 0.6 is 11.6 Å². The Morgan fingerprint density at radius 3 is 2.21 bits per heavy atom. The number of rotatable bonds is 6. The molecule has 1 aliphatic rings. The summed E-state index contributed by atoms with van der Waals surface area (Å²) < 4.78 is 32.9. The molecule has 2 aromatic rings. The summed E-state index contributed by atoms with van der Waals surface area (Å²) in [5.74, 6) is 0.355. The van der Waals surface area contributed by atoms with Crippen molar-refractivity contribution in [2.45, 2.75) is 24.2 Å². The van der Waals surface area contributed by atoms with Crippen molar-refractivity contribution in [3.63, 3.8) is 0 Å².